The second kappa shape index (κ2) is 5.70. The van der Waals surface area contributed by atoms with Crippen LogP contribution in [0.2, 0.25) is 0 Å². The number of likely N-dealkylation sites (tertiary alicyclic amines) is 1. The lowest BCUT2D eigenvalue weighted by Gasteiger charge is -2.15. The minimum absolute atomic E-state index is 0.464. The van der Waals surface area contributed by atoms with Crippen molar-refractivity contribution < 1.29 is 4.42 Å². The van der Waals surface area contributed by atoms with Crippen molar-refractivity contribution in [2.75, 3.05) is 13.1 Å². The lowest BCUT2D eigenvalue weighted by Crippen LogP contribution is -2.21. The normalized spacial score (nSPS) is 18.8. The topological polar surface area (TPSA) is 62.9 Å². The maximum atomic E-state index is 5.92. The summed E-state index contributed by atoms with van der Waals surface area (Å²) in [7, 11) is 0. The van der Waals surface area contributed by atoms with Crippen LogP contribution in [0.1, 0.15) is 29.6 Å². The molecule has 6 nitrogen and oxygen atoms in total. The summed E-state index contributed by atoms with van der Waals surface area (Å²) in [5.41, 5.74) is 3.25. The van der Waals surface area contributed by atoms with Crippen molar-refractivity contribution in [1.29, 1.82) is 0 Å². The molecule has 0 radical (unpaired) electrons. The van der Waals surface area contributed by atoms with Crippen LogP contribution in [0.25, 0.3) is 11.5 Å². The maximum absolute atomic E-state index is 5.92. The van der Waals surface area contributed by atoms with Crippen molar-refractivity contribution in [3.05, 3.63) is 47.6 Å². The van der Waals surface area contributed by atoms with E-state index in [4.69, 9.17) is 4.42 Å². The molecule has 1 N–H and O–H groups in total. The molecule has 1 fully saturated rings. The molecule has 0 aliphatic carbocycles. The molecule has 1 aliphatic rings. The molecule has 0 unspecified atom stereocenters. The van der Waals surface area contributed by atoms with Gasteiger partial charge in [-0.25, -0.2) is 0 Å². The summed E-state index contributed by atoms with van der Waals surface area (Å²) >= 11 is 0. The lowest BCUT2D eigenvalue weighted by atomic mass is 10.2. The number of nitrogens with one attached hydrogen (secondary N) is 1. The van der Waals surface area contributed by atoms with Crippen LogP contribution in [-0.4, -0.2) is 38.0 Å². The molecule has 0 amide bonds. The molecule has 3 aromatic heterocycles. The van der Waals surface area contributed by atoms with E-state index in [1.807, 2.05) is 18.2 Å². The molecule has 120 valence electrons. The van der Waals surface area contributed by atoms with Gasteiger partial charge >= 0.3 is 0 Å². The number of hydrogen-bond acceptors (Lipinski definition) is 4. The smallest absolute Gasteiger partial charge is 0.152 e. The summed E-state index contributed by atoms with van der Waals surface area (Å²) in [6.45, 7) is 7.11. The molecule has 0 aromatic carbocycles. The second-order valence-corrected chi connectivity index (χ2v) is 6.29. The van der Waals surface area contributed by atoms with E-state index in [1.165, 1.54) is 5.69 Å². The molecule has 6 heteroatoms. The number of nitrogens with zero attached hydrogens (tertiary/aromatic N) is 4. The predicted molar refractivity (Wildman–Crippen MR) is 86.9 cm³/mol. The van der Waals surface area contributed by atoms with E-state index in [0.29, 0.717) is 6.04 Å². The first-order valence-electron chi connectivity index (χ1n) is 8.02. The third-order valence-electron chi connectivity index (χ3n) is 4.45. The Bertz CT molecular complexity index is 786. The van der Waals surface area contributed by atoms with Crippen LogP contribution in [0.3, 0.4) is 0 Å². The highest BCUT2D eigenvalue weighted by Crippen LogP contribution is 2.26. The fraction of sp³-hybridized carbons (Fsp3) is 0.412. The Morgan fingerprint density at radius 3 is 2.96 bits per heavy atom. The average molecular weight is 311 g/mol. The zero-order chi connectivity index (χ0) is 15.8. The van der Waals surface area contributed by atoms with Gasteiger partial charge in [0.1, 0.15) is 11.5 Å². The minimum Gasteiger partial charge on any atom is -0.458 e. The number of aromatic amines is 1. The van der Waals surface area contributed by atoms with Crippen LogP contribution in [0, 0.1) is 13.8 Å². The second-order valence-electron chi connectivity index (χ2n) is 6.29. The van der Waals surface area contributed by atoms with Gasteiger partial charge in [-0.2, -0.15) is 10.2 Å². The molecule has 0 spiro atoms. The third kappa shape index (κ3) is 2.82. The number of aromatic nitrogens is 4. The quantitative estimate of drug-likeness (QED) is 0.804. The Balaban J connectivity index is 1.42. The Morgan fingerprint density at radius 1 is 1.30 bits per heavy atom. The van der Waals surface area contributed by atoms with E-state index < -0.39 is 0 Å². The standard InChI is InChI=1S/C17H21N5O/c1-12-9-13(2)22(20-12)14-6-8-21(10-14)11-15-3-4-17(23-15)16-5-7-18-19-16/h3-5,7,9,14H,6,8,10-11H2,1-2H3,(H,18,19)/t14-/m0/s1. The molecule has 1 saturated heterocycles. The fourth-order valence-electron chi connectivity index (χ4n) is 3.39. The zero-order valence-corrected chi connectivity index (χ0v) is 13.5. The minimum atomic E-state index is 0.464. The first-order chi connectivity index (χ1) is 11.2. The summed E-state index contributed by atoms with van der Waals surface area (Å²) in [5, 5.41) is 11.5. The van der Waals surface area contributed by atoms with Crippen molar-refractivity contribution in [3.8, 4) is 11.5 Å². The van der Waals surface area contributed by atoms with Gasteiger partial charge in [0.05, 0.1) is 18.3 Å². The van der Waals surface area contributed by atoms with Gasteiger partial charge in [0.15, 0.2) is 5.76 Å². The number of furan rings is 1. The van der Waals surface area contributed by atoms with Crippen molar-refractivity contribution in [2.24, 2.45) is 0 Å². The van der Waals surface area contributed by atoms with Gasteiger partial charge < -0.3 is 4.42 Å². The van der Waals surface area contributed by atoms with Crippen LogP contribution in [0.5, 0.6) is 0 Å². The van der Waals surface area contributed by atoms with Crippen molar-refractivity contribution in [2.45, 2.75) is 32.9 Å². The van der Waals surface area contributed by atoms with Crippen molar-refractivity contribution in [3.63, 3.8) is 0 Å². The van der Waals surface area contributed by atoms with Gasteiger partial charge in [-0.05, 0) is 44.5 Å². The van der Waals surface area contributed by atoms with Crippen LogP contribution in [0.15, 0.2) is 34.9 Å². The molecule has 3 aromatic rings. The summed E-state index contributed by atoms with van der Waals surface area (Å²) in [5.74, 6) is 1.83. The van der Waals surface area contributed by atoms with Gasteiger partial charge in [0.2, 0.25) is 0 Å². The first kappa shape index (κ1) is 14.3. The van der Waals surface area contributed by atoms with E-state index >= 15 is 0 Å². The molecule has 23 heavy (non-hydrogen) atoms. The summed E-state index contributed by atoms with van der Waals surface area (Å²) in [6.07, 6.45) is 2.87. The van der Waals surface area contributed by atoms with Gasteiger partial charge in [0, 0.05) is 25.0 Å². The highest BCUT2D eigenvalue weighted by Gasteiger charge is 2.26. The Morgan fingerprint density at radius 2 is 2.22 bits per heavy atom. The highest BCUT2D eigenvalue weighted by molar-refractivity contribution is 5.51. The fourth-order valence-corrected chi connectivity index (χ4v) is 3.39. The number of rotatable bonds is 4. The van der Waals surface area contributed by atoms with E-state index in [1.54, 1.807) is 6.20 Å². The molecule has 1 aliphatic heterocycles. The molecular weight excluding hydrogens is 290 g/mol. The largest absolute Gasteiger partial charge is 0.458 e. The van der Waals surface area contributed by atoms with Gasteiger partial charge in [-0.1, -0.05) is 0 Å². The number of hydrogen-bond donors (Lipinski definition) is 1. The third-order valence-corrected chi connectivity index (χ3v) is 4.45. The van der Waals surface area contributed by atoms with Gasteiger partial charge in [0.25, 0.3) is 0 Å². The van der Waals surface area contributed by atoms with E-state index in [-0.39, 0.29) is 0 Å². The SMILES string of the molecule is Cc1cc(C)n([C@H]2CCN(Cc3ccc(-c4ccn[nH]4)o3)C2)n1. The van der Waals surface area contributed by atoms with Crippen LogP contribution in [0.4, 0.5) is 0 Å². The van der Waals surface area contributed by atoms with Gasteiger partial charge in [-0.15, -0.1) is 0 Å². The monoisotopic (exact) mass is 311 g/mol. The maximum Gasteiger partial charge on any atom is 0.152 e. The van der Waals surface area contributed by atoms with E-state index in [2.05, 4.69) is 44.8 Å². The van der Waals surface area contributed by atoms with Crippen molar-refractivity contribution >= 4 is 0 Å². The molecule has 0 saturated carbocycles. The van der Waals surface area contributed by atoms with Crippen LogP contribution >= 0.6 is 0 Å². The molecule has 1 atom stereocenters. The number of aryl methyl sites for hydroxylation is 2. The van der Waals surface area contributed by atoms with Gasteiger partial charge in [-0.3, -0.25) is 14.7 Å². The molecular formula is C17H21N5O. The summed E-state index contributed by atoms with van der Waals surface area (Å²) in [6, 6.07) is 8.57. The Kier molecular flexibility index (Phi) is 3.53. The summed E-state index contributed by atoms with van der Waals surface area (Å²) < 4.78 is 8.10. The van der Waals surface area contributed by atoms with E-state index in [0.717, 1.165) is 49.0 Å². The predicted octanol–water partition coefficient (Wildman–Crippen LogP) is 2.93. The highest BCUT2D eigenvalue weighted by atomic mass is 16.3. The average Bonchev–Trinajstić information content (AvgIpc) is 3.27. The van der Waals surface area contributed by atoms with Crippen molar-refractivity contribution in [1.82, 2.24) is 24.9 Å². The van der Waals surface area contributed by atoms with Crippen LogP contribution < -0.4 is 0 Å². The molecule has 4 heterocycles. The van der Waals surface area contributed by atoms with E-state index in [9.17, 15) is 0 Å². The summed E-state index contributed by atoms with van der Waals surface area (Å²) in [4.78, 5) is 2.43. The number of H-pyrrole nitrogens is 1. The first-order valence-corrected chi connectivity index (χ1v) is 8.02. The Labute approximate surface area is 135 Å². The molecule has 0 bridgehead atoms. The van der Waals surface area contributed by atoms with Crippen LogP contribution in [-0.2, 0) is 6.54 Å². The lowest BCUT2D eigenvalue weighted by molar-refractivity contribution is 0.284. The zero-order valence-electron chi connectivity index (χ0n) is 13.5. The Hall–Kier alpha value is -2.34. The molecule has 4 rings (SSSR count).